The summed E-state index contributed by atoms with van der Waals surface area (Å²) in [4.78, 5) is 18.2. The first-order valence-corrected chi connectivity index (χ1v) is 11.5. The summed E-state index contributed by atoms with van der Waals surface area (Å²) in [6, 6.07) is 8.92. The van der Waals surface area contributed by atoms with Gasteiger partial charge in [0.15, 0.2) is 28.8 Å². The number of Topliss-reactive ketones (excluding diaryl/α,β-unsaturated/α-hetero) is 1. The maximum atomic E-state index is 13.8. The Balaban J connectivity index is 1.61. The normalized spacial score (nSPS) is 18.6. The molecule has 2 aliphatic rings. The molecule has 0 unspecified atom stereocenters. The fraction of sp³-hybridized carbons (Fsp3) is 0.346. The van der Waals surface area contributed by atoms with Crippen LogP contribution in [0.25, 0.3) is 0 Å². The van der Waals surface area contributed by atoms with Gasteiger partial charge in [0, 0.05) is 23.3 Å². The minimum atomic E-state index is -0.535. The Hall–Kier alpha value is -4.21. The number of benzene rings is 2. The van der Waals surface area contributed by atoms with Gasteiger partial charge in [0.2, 0.25) is 11.7 Å². The second kappa shape index (κ2) is 9.44. The molecule has 0 bridgehead atoms. The van der Waals surface area contributed by atoms with Crippen LogP contribution in [0.2, 0.25) is 0 Å². The van der Waals surface area contributed by atoms with Crippen LogP contribution in [-0.2, 0) is 4.79 Å². The molecule has 1 aromatic heterocycles. The van der Waals surface area contributed by atoms with Crippen LogP contribution in [0.1, 0.15) is 35.9 Å². The fourth-order valence-corrected chi connectivity index (χ4v) is 5.12. The molecule has 0 saturated heterocycles. The number of carbonyl (C=O) groups is 1. The van der Waals surface area contributed by atoms with Gasteiger partial charge < -0.3 is 29.0 Å². The summed E-state index contributed by atoms with van der Waals surface area (Å²) in [6.45, 7) is 0. The molecule has 10 heteroatoms. The zero-order valence-electron chi connectivity index (χ0n) is 20.8. The minimum absolute atomic E-state index is 0.0199. The highest BCUT2D eigenvalue weighted by Gasteiger charge is 2.41. The van der Waals surface area contributed by atoms with E-state index in [1.165, 1.54) is 6.33 Å². The van der Waals surface area contributed by atoms with Crippen LogP contribution in [0.4, 0.5) is 5.95 Å². The van der Waals surface area contributed by atoms with Crippen LogP contribution >= 0.6 is 0 Å². The monoisotopic (exact) mass is 492 g/mol. The van der Waals surface area contributed by atoms with E-state index >= 15 is 0 Å². The second-order valence-electron chi connectivity index (χ2n) is 8.51. The van der Waals surface area contributed by atoms with Crippen molar-refractivity contribution in [3.63, 3.8) is 0 Å². The van der Waals surface area contributed by atoms with Crippen molar-refractivity contribution in [1.29, 1.82) is 0 Å². The number of aromatic nitrogens is 3. The third kappa shape index (κ3) is 3.69. The van der Waals surface area contributed by atoms with Gasteiger partial charge in [-0.15, -0.1) is 0 Å². The number of hydrogen-bond acceptors (Lipinski definition) is 9. The zero-order valence-corrected chi connectivity index (χ0v) is 20.8. The Labute approximate surface area is 208 Å². The van der Waals surface area contributed by atoms with E-state index in [2.05, 4.69) is 15.4 Å². The van der Waals surface area contributed by atoms with Gasteiger partial charge in [-0.1, -0.05) is 6.07 Å². The van der Waals surface area contributed by atoms with Crippen molar-refractivity contribution in [2.75, 3.05) is 40.9 Å². The number of carbonyl (C=O) groups excluding carboxylic acids is 1. The number of hydrogen-bond donors (Lipinski definition) is 1. The summed E-state index contributed by atoms with van der Waals surface area (Å²) >= 11 is 0. The molecule has 36 heavy (non-hydrogen) atoms. The number of ketones is 1. The van der Waals surface area contributed by atoms with Gasteiger partial charge in [-0.25, -0.2) is 4.68 Å². The van der Waals surface area contributed by atoms with Crippen molar-refractivity contribution in [3.8, 4) is 28.7 Å². The predicted molar refractivity (Wildman–Crippen MR) is 131 cm³/mol. The molecule has 188 valence electrons. The lowest BCUT2D eigenvalue weighted by atomic mass is 9.77. The van der Waals surface area contributed by atoms with E-state index in [-0.39, 0.29) is 11.7 Å². The van der Waals surface area contributed by atoms with Crippen molar-refractivity contribution in [3.05, 3.63) is 59.1 Å². The van der Waals surface area contributed by atoms with Gasteiger partial charge in [0.05, 0.1) is 35.5 Å². The van der Waals surface area contributed by atoms with Gasteiger partial charge in [-0.05, 0) is 42.2 Å². The molecule has 5 rings (SSSR count). The van der Waals surface area contributed by atoms with Crippen molar-refractivity contribution in [2.24, 2.45) is 0 Å². The molecule has 0 spiro atoms. The smallest absolute Gasteiger partial charge is 0.226 e. The Kier molecular flexibility index (Phi) is 6.17. The molecule has 1 aliphatic heterocycles. The highest BCUT2D eigenvalue weighted by molar-refractivity contribution is 6.00. The highest BCUT2D eigenvalue weighted by Crippen LogP contribution is 2.49. The quantitative estimate of drug-likeness (QED) is 0.528. The van der Waals surface area contributed by atoms with E-state index in [1.807, 2.05) is 24.3 Å². The molecular formula is C26H28N4O6. The standard InChI is InChI=1S/C26H28N4O6/c1-32-19-8-6-14(12-21(19)34-3)15-10-17-22(18(31)11-15)23(30-26(29-17)27-13-28-30)16-7-9-20(33-2)25(36-5)24(16)35-4/h6-9,12-13,15,23H,10-11H2,1-5H3,(H,27,28,29)/t15-,23-/m0/s1. The molecule has 2 heterocycles. The van der Waals surface area contributed by atoms with Crippen molar-refractivity contribution >= 4 is 11.7 Å². The lowest BCUT2D eigenvalue weighted by Crippen LogP contribution is -2.33. The SMILES string of the molecule is COc1ccc([C@@H]2CC(=O)C3=C(C2)Nc2ncnn2[C@H]3c2ccc(OC)c(OC)c2OC)cc1OC. The molecule has 3 aromatic rings. The second-order valence-corrected chi connectivity index (χ2v) is 8.51. The summed E-state index contributed by atoms with van der Waals surface area (Å²) in [7, 11) is 7.89. The van der Waals surface area contributed by atoms with E-state index in [0.29, 0.717) is 53.1 Å². The number of fused-ring (bicyclic) bond motifs is 1. The van der Waals surface area contributed by atoms with Gasteiger partial charge in [0.25, 0.3) is 0 Å². The molecule has 1 aliphatic carbocycles. The summed E-state index contributed by atoms with van der Waals surface area (Å²) in [6.07, 6.45) is 2.43. The number of methoxy groups -OCH3 is 5. The molecule has 1 N–H and O–H groups in total. The molecular weight excluding hydrogens is 464 g/mol. The third-order valence-corrected chi connectivity index (χ3v) is 6.77. The number of nitrogens with one attached hydrogen (secondary N) is 1. The third-order valence-electron chi connectivity index (χ3n) is 6.77. The molecule has 10 nitrogen and oxygen atoms in total. The van der Waals surface area contributed by atoms with Crippen molar-refractivity contribution in [1.82, 2.24) is 14.8 Å². The number of allylic oxidation sites excluding steroid dienone is 2. The Bertz CT molecular complexity index is 1350. The lowest BCUT2D eigenvalue weighted by molar-refractivity contribution is -0.116. The van der Waals surface area contributed by atoms with E-state index in [9.17, 15) is 4.79 Å². The van der Waals surface area contributed by atoms with Crippen LogP contribution in [0.5, 0.6) is 28.7 Å². The van der Waals surface area contributed by atoms with Gasteiger partial charge in [0.1, 0.15) is 12.4 Å². The predicted octanol–water partition coefficient (Wildman–Crippen LogP) is 3.74. The lowest BCUT2D eigenvalue weighted by Gasteiger charge is -2.35. The van der Waals surface area contributed by atoms with E-state index in [1.54, 1.807) is 46.3 Å². The summed E-state index contributed by atoms with van der Waals surface area (Å²) in [5.74, 6) is 3.27. The number of ether oxygens (including phenoxy) is 5. The minimum Gasteiger partial charge on any atom is -0.493 e. The largest absolute Gasteiger partial charge is 0.493 e. The number of nitrogens with zero attached hydrogens (tertiary/aromatic N) is 3. The maximum absolute atomic E-state index is 13.8. The van der Waals surface area contributed by atoms with E-state index in [0.717, 1.165) is 16.8 Å². The van der Waals surface area contributed by atoms with Crippen molar-refractivity contribution in [2.45, 2.75) is 24.8 Å². The first-order chi connectivity index (χ1) is 17.5. The topological polar surface area (TPSA) is 106 Å². The summed E-state index contributed by atoms with van der Waals surface area (Å²) < 4.78 is 29.4. The average molecular weight is 493 g/mol. The summed E-state index contributed by atoms with van der Waals surface area (Å²) in [5, 5.41) is 7.78. The van der Waals surface area contributed by atoms with Crippen LogP contribution in [0, 0.1) is 0 Å². The molecule has 2 aromatic carbocycles. The average Bonchev–Trinajstić information content (AvgIpc) is 3.38. The highest BCUT2D eigenvalue weighted by atomic mass is 16.5. The van der Waals surface area contributed by atoms with Gasteiger partial charge in [-0.2, -0.15) is 10.1 Å². The first kappa shape index (κ1) is 23.5. The molecule has 0 amide bonds. The number of rotatable bonds is 7. The maximum Gasteiger partial charge on any atom is 0.226 e. The molecule has 2 atom stereocenters. The Morgan fingerprint density at radius 1 is 0.861 bits per heavy atom. The first-order valence-electron chi connectivity index (χ1n) is 11.5. The van der Waals surface area contributed by atoms with Crippen molar-refractivity contribution < 1.29 is 28.5 Å². The van der Waals surface area contributed by atoms with Gasteiger partial charge in [-0.3, -0.25) is 4.79 Å². The van der Waals surface area contributed by atoms with E-state index in [4.69, 9.17) is 23.7 Å². The van der Waals surface area contributed by atoms with Gasteiger partial charge >= 0.3 is 0 Å². The fourth-order valence-electron chi connectivity index (χ4n) is 5.12. The molecule has 0 radical (unpaired) electrons. The van der Waals surface area contributed by atoms with Crippen LogP contribution in [0.15, 0.2) is 47.9 Å². The molecule has 0 fully saturated rings. The number of anilines is 1. The van der Waals surface area contributed by atoms with E-state index < -0.39 is 6.04 Å². The van der Waals surface area contributed by atoms with Crippen LogP contribution < -0.4 is 29.0 Å². The zero-order chi connectivity index (χ0) is 25.4. The summed E-state index contributed by atoms with van der Waals surface area (Å²) in [5.41, 5.74) is 3.18. The Morgan fingerprint density at radius 3 is 2.28 bits per heavy atom. The van der Waals surface area contributed by atoms with Crippen LogP contribution in [0.3, 0.4) is 0 Å². The molecule has 0 saturated carbocycles. The Morgan fingerprint density at radius 2 is 1.58 bits per heavy atom. The van der Waals surface area contributed by atoms with Crippen LogP contribution in [-0.4, -0.2) is 56.1 Å².